The molecule has 1 nitrogen and oxygen atoms in total. The van der Waals surface area contributed by atoms with Crippen molar-refractivity contribution in [2.75, 3.05) is 0 Å². The number of unbranched alkanes of at least 4 members (excludes halogenated alkanes) is 25. The number of aromatic nitrogens is 1. The Bertz CT molecular complexity index is 525. The van der Waals surface area contributed by atoms with E-state index in [-0.39, 0.29) is 0 Å². The van der Waals surface area contributed by atoms with E-state index in [0.29, 0.717) is 5.92 Å². The van der Waals surface area contributed by atoms with Gasteiger partial charge in [-0.1, -0.05) is 174 Å². The summed E-state index contributed by atoms with van der Waals surface area (Å²) in [5.74, 6) is 0.433. The van der Waals surface area contributed by atoms with Crippen molar-refractivity contribution < 1.29 is 0 Å². The summed E-state index contributed by atoms with van der Waals surface area (Å²) >= 11 is 0. The van der Waals surface area contributed by atoms with Crippen LogP contribution in [-0.4, -0.2) is 4.98 Å². The Morgan fingerprint density at radius 3 is 1.06 bits per heavy atom. The molecule has 0 fully saturated rings. The summed E-state index contributed by atoms with van der Waals surface area (Å²) < 4.78 is 0. The van der Waals surface area contributed by atoms with Gasteiger partial charge in [-0.25, -0.2) is 0 Å². The maximum atomic E-state index is 4.31. The smallest absolute Gasteiger partial charge is 0.0270 e. The fraction of sp³-hybridized carbons (Fsp3) is 0.829. The average Bonchev–Trinajstić information content (AvgIpc) is 2.91. The monoisotopic (exact) mass is 499 g/mol. The summed E-state index contributed by atoms with van der Waals surface area (Å²) in [7, 11) is 0. The molecule has 1 heterocycles. The molecule has 0 aromatic carbocycles. The average molecular weight is 499 g/mol. The highest BCUT2D eigenvalue weighted by Gasteiger charge is 2.04. The zero-order valence-electron chi connectivity index (χ0n) is 24.6. The van der Waals surface area contributed by atoms with Crippen LogP contribution in [0.5, 0.6) is 0 Å². The second-order valence-electron chi connectivity index (χ2n) is 11.6. The van der Waals surface area contributed by atoms with E-state index in [2.05, 4.69) is 31.0 Å². The van der Waals surface area contributed by atoms with E-state index >= 15 is 0 Å². The second kappa shape index (κ2) is 27.2. The van der Waals surface area contributed by atoms with Crippen LogP contribution in [-0.2, 0) is 0 Å². The summed E-state index contributed by atoms with van der Waals surface area (Å²) in [4.78, 5) is 4.10. The van der Waals surface area contributed by atoms with Crippen LogP contribution in [0.1, 0.15) is 192 Å². The van der Waals surface area contributed by atoms with Crippen LogP contribution in [0.15, 0.2) is 24.5 Å². The van der Waals surface area contributed by atoms with Gasteiger partial charge in [0.05, 0.1) is 0 Å². The second-order valence-corrected chi connectivity index (χ2v) is 11.6. The molecule has 0 saturated carbocycles. The van der Waals surface area contributed by atoms with Crippen LogP contribution >= 0.6 is 0 Å². The lowest BCUT2D eigenvalue weighted by molar-refractivity contribution is 0.514. The normalized spacial score (nSPS) is 12.3. The first kappa shape index (κ1) is 33.2. The molecule has 0 bridgehead atoms. The molecule has 0 aliphatic carbocycles. The van der Waals surface area contributed by atoms with Crippen molar-refractivity contribution in [1.82, 2.24) is 4.98 Å². The Kier molecular flexibility index (Phi) is 25.1. The van der Waals surface area contributed by atoms with Gasteiger partial charge in [-0.15, -0.1) is 0 Å². The molecule has 36 heavy (non-hydrogen) atoms. The first-order chi connectivity index (χ1) is 17.8. The fourth-order valence-electron chi connectivity index (χ4n) is 5.51. The SMILES string of the molecule is [CH2]C(CCCCCCCCCCCCCCCCCCCCCCCCCCCC)c1ccncc1. The van der Waals surface area contributed by atoms with Crippen LogP contribution < -0.4 is 0 Å². The summed E-state index contributed by atoms with van der Waals surface area (Å²) in [5.41, 5.74) is 1.34. The summed E-state index contributed by atoms with van der Waals surface area (Å²) in [6.07, 6.45) is 42.8. The van der Waals surface area contributed by atoms with Gasteiger partial charge in [0, 0.05) is 12.4 Å². The third kappa shape index (κ3) is 22.4. The van der Waals surface area contributed by atoms with E-state index in [1.807, 2.05) is 12.4 Å². The lowest BCUT2D eigenvalue weighted by Crippen LogP contribution is -1.94. The van der Waals surface area contributed by atoms with E-state index in [1.54, 1.807) is 0 Å². The van der Waals surface area contributed by atoms with E-state index in [0.717, 1.165) is 0 Å². The Labute approximate surface area is 228 Å². The topological polar surface area (TPSA) is 12.9 Å². The predicted octanol–water partition coefficient (Wildman–Crippen LogP) is 12.6. The molecule has 1 aromatic rings. The molecule has 0 spiro atoms. The molecule has 0 amide bonds. The first-order valence-electron chi connectivity index (χ1n) is 16.6. The standard InChI is InChI=1S/C35H64N/c1-3-4-5-6-7-8-9-10-11-12-13-14-15-16-17-18-19-20-21-22-23-24-25-26-27-28-29-34(2)35-30-32-36-33-31-35/h30-34H,2-29H2,1H3. The van der Waals surface area contributed by atoms with Gasteiger partial charge < -0.3 is 0 Å². The van der Waals surface area contributed by atoms with E-state index in [4.69, 9.17) is 0 Å². The molecule has 1 unspecified atom stereocenters. The lowest BCUT2D eigenvalue weighted by atomic mass is 9.95. The Hall–Kier alpha value is -0.850. The highest BCUT2D eigenvalue weighted by Crippen LogP contribution is 2.21. The molecule has 0 saturated heterocycles. The van der Waals surface area contributed by atoms with Crippen LogP contribution in [0.4, 0.5) is 0 Å². The number of hydrogen-bond acceptors (Lipinski definition) is 1. The van der Waals surface area contributed by atoms with Crippen molar-refractivity contribution in [2.24, 2.45) is 0 Å². The molecule has 209 valence electrons. The van der Waals surface area contributed by atoms with Gasteiger partial charge in [-0.2, -0.15) is 0 Å². The highest BCUT2D eigenvalue weighted by atomic mass is 14.6. The number of pyridine rings is 1. The third-order valence-electron chi connectivity index (χ3n) is 8.08. The van der Waals surface area contributed by atoms with Gasteiger partial charge in [0.15, 0.2) is 0 Å². The predicted molar refractivity (Wildman–Crippen MR) is 163 cm³/mol. The minimum Gasteiger partial charge on any atom is -0.265 e. The first-order valence-corrected chi connectivity index (χ1v) is 16.6. The summed E-state index contributed by atoms with van der Waals surface area (Å²) in [6.45, 7) is 6.62. The van der Waals surface area contributed by atoms with Crippen LogP contribution in [0.3, 0.4) is 0 Å². The fourth-order valence-corrected chi connectivity index (χ4v) is 5.51. The maximum Gasteiger partial charge on any atom is 0.0270 e. The lowest BCUT2D eigenvalue weighted by Gasteiger charge is -2.11. The molecular weight excluding hydrogens is 434 g/mol. The van der Waals surface area contributed by atoms with Crippen LogP contribution in [0, 0.1) is 6.92 Å². The Balaban J connectivity index is 1.67. The van der Waals surface area contributed by atoms with Crippen molar-refractivity contribution in [3.8, 4) is 0 Å². The van der Waals surface area contributed by atoms with Crippen molar-refractivity contribution in [3.05, 3.63) is 37.0 Å². The van der Waals surface area contributed by atoms with E-state index < -0.39 is 0 Å². The van der Waals surface area contributed by atoms with E-state index in [1.165, 1.54) is 179 Å². The minimum absolute atomic E-state index is 0.433. The molecule has 1 radical (unpaired) electrons. The molecule has 1 atom stereocenters. The van der Waals surface area contributed by atoms with Crippen molar-refractivity contribution >= 4 is 0 Å². The molecule has 0 N–H and O–H groups in total. The molecule has 1 aromatic heterocycles. The molecule has 0 aliphatic rings. The highest BCUT2D eigenvalue weighted by molar-refractivity contribution is 5.16. The molecule has 0 aliphatic heterocycles. The molecule has 1 heteroatoms. The van der Waals surface area contributed by atoms with Crippen molar-refractivity contribution in [3.63, 3.8) is 0 Å². The van der Waals surface area contributed by atoms with Gasteiger partial charge in [0.1, 0.15) is 0 Å². The number of hydrogen-bond donors (Lipinski definition) is 0. The number of nitrogens with zero attached hydrogens (tertiary/aromatic N) is 1. The van der Waals surface area contributed by atoms with Gasteiger partial charge >= 0.3 is 0 Å². The largest absolute Gasteiger partial charge is 0.265 e. The van der Waals surface area contributed by atoms with E-state index in [9.17, 15) is 0 Å². The summed E-state index contributed by atoms with van der Waals surface area (Å²) in [6, 6.07) is 4.22. The van der Waals surface area contributed by atoms with Crippen LogP contribution in [0.2, 0.25) is 0 Å². The van der Waals surface area contributed by atoms with Gasteiger partial charge in [-0.05, 0) is 37.0 Å². The van der Waals surface area contributed by atoms with Gasteiger partial charge in [0.25, 0.3) is 0 Å². The third-order valence-corrected chi connectivity index (χ3v) is 8.08. The minimum atomic E-state index is 0.433. The quantitative estimate of drug-likeness (QED) is 0.105. The molecular formula is C35H64N. The van der Waals surface area contributed by atoms with Crippen molar-refractivity contribution in [2.45, 2.75) is 186 Å². The van der Waals surface area contributed by atoms with Gasteiger partial charge in [-0.3, -0.25) is 4.98 Å². The zero-order valence-corrected chi connectivity index (χ0v) is 24.6. The van der Waals surface area contributed by atoms with Gasteiger partial charge in [0.2, 0.25) is 0 Å². The molecule has 1 rings (SSSR count). The maximum absolute atomic E-state index is 4.31. The summed E-state index contributed by atoms with van der Waals surface area (Å²) in [5, 5.41) is 0. The number of rotatable bonds is 28. The van der Waals surface area contributed by atoms with Crippen molar-refractivity contribution in [1.29, 1.82) is 0 Å². The zero-order chi connectivity index (χ0) is 25.8. The van der Waals surface area contributed by atoms with Crippen LogP contribution in [0.25, 0.3) is 0 Å². The Morgan fingerprint density at radius 2 is 0.750 bits per heavy atom. The Morgan fingerprint density at radius 1 is 0.472 bits per heavy atom.